The number of nitrogens with one attached hydrogen (secondary N) is 1. The molecule has 3 rings (SSSR count). The maximum absolute atomic E-state index is 13.1. The van der Waals surface area contributed by atoms with Gasteiger partial charge in [0.25, 0.3) is 10.0 Å². The number of hydrogen-bond acceptors (Lipinski definition) is 5. The van der Waals surface area contributed by atoms with Crippen LogP contribution in [0.25, 0.3) is 0 Å². The molecule has 1 heterocycles. The molecule has 0 fully saturated rings. The van der Waals surface area contributed by atoms with E-state index in [0.717, 1.165) is 12.0 Å². The van der Waals surface area contributed by atoms with Crippen LogP contribution in [0.2, 0.25) is 0 Å². The molecule has 1 aliphatic rings. The van der Waals surface area contributed by atoms with Gasteiger partial charge in [0.05, 0.1) is 28.8 Å². The van der Waals surface area contributed by atoms with Crippen LogP contribution in [0.5, 0.6) is 11.5 Å². The van der Waals surface area contributed by atoms with Crippen LogP contribution >= 0.6 is 0 Å². The van der Waals surface area contributed by atoms with Crippen LogP contribution in [0.4, 0.5) is 11.4 Å². The fraction of sp³-hybridized carbons (Fsp3) is 0.458. The third-order valence-electron chi connectivity index (χ3n) is 5.52. The van der Waals surface area contributed by atoms with E-state index >= 15 is 0 Å². The lowest BCUT2D eigenvalue weighted by Crippen LogP contribution is -2.42. The van der Waals surface area contributed by atoms with Gasteiger partial charge in [0, 0.05) is 12.6 Å². The van der Waals surface area contributed by atoms with Gasteiger partial charge >= 0.3 is 0 Å². The molecule has 0 bridgehead atoms. The molecule has 2 aromatic carbocycles. The number of aryl methyl sites for hydroxylation is 1. The van der Waals surface area contributed by atoms with Crippen molar-refractivity contribution < 1.29 is 22.7 Å². The molecule has 1 amide bonds. The van der Waals surface area contributed by atoms with E-state index < -0.39 is 15.4 Å². The predicted octanol–water partition coefficient (Wildman–Crippen LogP) is 4.60. The normalized spacial score (nSPS) is 15.7. The lowest BCUT2D eigenvalue weighted by molar-refractivity contribution is -0.127. The minimum absolute atomic E-state index is 0.000983. The zero-order valence-corrected chi connectivity index (χ0v) is 20.4. The number of carbonyl (C=O) groups is 1. The summed E-state index contributed by atoms with van der Waals surface area (Å²) in [5, 5.41) is 0. The number of fused-ring (bicyclic) bond motifs is 1. The van der Waals surface area contributed by atoms with Crippen molar-refractivity contribution in [3.63, 3.8) is 0 Å². The van der Waals surface area contributed by atoms with Crippen molar-refractivity contribution in [1.29, 1.82) is 0 Å². The number of amides is 1. The lowest BCUT2D eigenvalue weighted by Gasteiger charge is -2.28. The van der Waals surface area contributed by atoms with Crippen LogP contribution in [0.15, 0.2) is 41.3 Å². The van der Waals surface area contributed by atoms with Crippen molar-refractivity contribution >= 4 is 27.3 Å². The highest BCUT2D eigenvalue weighted by atomic mass is 32.2. The van der Waals surface area contributed by atoms with E-state index in [1.807, 2.05) is 13.8 Å². The third kappa shape index (κ3) is 5.01. The van der Waals surface area contributed by atoms with Gasteiger partial charge in [-0.3, -0.25) is 9.52 Å². The second-order valence-electron chi connectivity index (χ2n) is 9.23. The number of sulfonamides is 1. The number of ether oxygens (including phenoxy) is 2. The highest BCUT2D eigenvalue weighted by Gasteiger charge is 2.37. The summed E-state index contributed by atoms with van der Waals surface area (Å²) in [5.41, 5.74) is 1.07. The quantitative estimate of drug-likeness (QED) is 0.653. The van der Waals surface area contributed by atoms with Gasteiger partial charge in [0.2, 0.25) is 5.91 Å². The van der Waals surface area contributed by atoms with Crippen LogP contribution in [-0.4, -0.2) is 34.6 Å². The van der Waals surface area contributed by atoms with Crippen LogP contribution < -0.4 is 19.1 Å². The second-order valence-corrected chi connectivity index (χ2v) is 10.9. The topological polar surface area (TPSA) is 84.9 Å². The first kappa shape index (κ1) is 23.9. The summed E-state index contributed by atoms with van der Waals surface area (Å²) in [6, 6.07) is 9.74. The Morgan fingerprint density at radius 3 is 2.53 bits per heavy atom. The fourth-order valence-corrected chi connectivity index (χ4v) is 4.69. The number of hydrogen-bond donors (Lipinski definition) is 1. The fourth-order valence-electron chi connectivity index (χ4n) is 3.55. The first-order valence-electron chi connectivity index (χ1n) is 10.7. The largest absolute Gasteiger partial charge is 0.496 e. The Morgan fingerprint density at radius 2 is 1.91 bits per heavy atom. The van der Waals surface area contributed by atoms with Gasteiger partial charge in [0.1, 0.15) is 18.1 Å². The monoisotopic (exact) mass is 460 g/mol. The van der Waals surface area contributed by atoms with Crippen molar-refractivity contribution in [2.45, 2.75) is 45.9 Å². The smallest absolute Gasteiger partial charge is 0.261 e. The average Bonchev–Trinajstić information content (AvgIpc) is 2.81. The molecule has 7 nitrogen and oxygen atoms in total. The van der Waals surface area contributed by atoms with E-state index in [1.165, 1.54) is 6.07 Å². The van der Waals surface area contributed by atoms with Crippen molar-refractivity contribution in [3.8, 4) is 11.5 Å². The maximum atomic E-state index is 13.1. The predicted molar refractivity (Wildman–Crippen MR) is 126 cm³/mol. The number of nitrogens with zero attached hydrogens (tertiary/aromatic N) is 1. The van der Waals surface area contributed by atoms with E-state index in [0.29, 0.717) is 35.3 Å². The lowest BCUT2D eigenvalue weighted by atomic mass is 9.92. The number of carbonyl (C=O) groups excluding carboxylic acids is 1. The summed E-state index contributed by atoms with van der Waals surface area (Å²) in [4.78, 5) is 15.0. The Labute approximate surface area is 190 Å². The molecule has 8 heteroatoms. The first-order valence-corrected chi connectivity index (χ1v) is 12.2. The van der Waals surface area contributed by atoms with Crippen LogP contribution in [0.3, 0.4) is 0 Å². The van der Waals surface area contributed by atoms with Gasteiger partial charge in [-0.15, -0.1) is 0 Å². The van der Waals surface area contributed by atoms with Gasteiger partial charge < -0.3 is 14.4 Å². The molecule has 32 heavy (non-hydrogen) atoms. The molecule has 0 radical (unpaired) electrons. The third-order valence-corrected chi connectivity index (χ3v) is 6.90. The molecule has 0 aromatic heterocycles. The molecule has 0 saturated heterocycles. The molecule has 0 atom stereocenters. The van der Waals surface area contributed by atoms with Crippen molar-refractivity contribution in [1.82, 2.24) is 0 Å². The minimum Gasteiger partial charge on any atom is -0.496 e. The Hall–Kier alpha value is -2.74. The van der Waals surface area contributed by atoms with Crippen molar-refractivity contribution in [3.05, 3.63) is 42.0 Å². The first-order chi connectivity index (χ1) is 14.9. The summed E-state index contributed by atoms with van der Waals surface area (Å²) in [7, 11) is -2.26. The molecular weight excluding hydrogens is 428 g/mol. The Bertz CT molecular complexity index is 1110. The summed E-state index contributed by atoms with van der Waals surface area (Å²) >= 11 is 0. The SMILES string of the molecule is COc1ccc(S(=O)(=O)Nc2ccc3c(c2)OCC(C)(C)C(=O)N3CCC(C)C)cc1C. The van der Waals surface area contributed by atoms with Gasteiger partial charge in [-0.25, -0.2) is 8.42 Å². The molecule has 1 N–H and O–H groups in total. The number of benzene rings is 2. The van der Waals surface area contributed by atoms with Crippen LogP contribution in [0.1, 0.15) is 39.7 Å². The van der Waals surface area contributed by atoms with E-state index in [1.54, 1.807) is 49.3 Å². The zero-order chi connectivity index (χ0) is 23.7. The zero-order valence-electron chi connectivity index (χ0n) is 19.6. The van der Waals surface area contributed by atoms with Crippen molar-refractivity contribution in [2.24, 2.45) is 11.3 Å². The van der Waals surface area contributed by atoms with Crippen LogP contribution in [0, 0.1) is 18.3 Å². The highest BCUT2D eigenvalue weighted by Crippen LogP contribution is 2.39. The minimum atomic E-state index is -3.81. The van der Waals surface area contributed by atoms with E-state index in [9.17, 15) is 13.2 Å². The summed E-state index contributed by atoms with van der Waals surface area (Å²) in [6.07, 6.45) is 0.854. The average molecular weight is 461 g/mol. The van der Waals surface area contributed by atoms with Gasteiger partial charge in [-0.2, -0.15) is 0 Å². The van der Waals surface area contributed by atoms with E-state index in [-0.39, 0.29) is 17.4 Å². The standard InChI is InChI=1S/C24H32N2O5S/c1-16(2)11-12-26-20-9-7-18(14-22(20)31-15-24(4,5)23(26)27)25-32(28,29)19-8-10-21(30-6)17(3)13-19/h7-10,13-14,16,25H,11-12,15H2,1-6H3. The summed E-state index contributed by atoms with van der Waals surface area (Å²) < 4.78 is 39.7. The Morgan fingerprint density at radius 1 is 1.19 bits per heavy atom. The molecule has 0 aliphatic carbocycles. The number of methoxy groups -OCH3 is 1. The maximum Gasteiger partial charge on any atom is 0.261 e. The molecule has 2 aromatic rings. The van der Waals surface area contributed by atoms with Gasteiger partial charge in [-0.1, -0.05) is 13.8 Å². The number of rotatable bonds is 7. The molecular formula is C24H32N2O5S. The Kier molecular flexibility index (Phi) is 6.74. The molecule has 174 valence electrons. The molecule has 0 spiro atoms. The van der Waals surface area contributed by atoms with Crippen LogP contribution in [-0.2, 0) is 14.8 Å². The second kappa shape index (κ2) is 9.02. The summed E-state index contributed by atoms with van der Waals surface area (Å²) in [5.74, 6) is 1.55. The highest BCUT2D eigenvalue weighted by molar-refractivity contribution is 7.92. The molecule has 0 unspecified atom stereocenters. The Balaban J connectivity index is 1.93. The number of anilines is 2. The van der Waals surface area contributed by atoms with Gasteiger partial charge in [-0.05, 0) is 69.0 Å². The van der Waals surface area contributed by atoms with E-state index in [2.05, 4.69) is 18.6 Å². The summed E-state index contributed by atoms with van der Waals surface area (Å²) in [6.45, 7) is 10.5. The van der Waals surface area contributed by atoms with Crippen molar-refractivity contribution in [2.75, 3.05) is 29.9 Å². The van der Waals surface area contributed by atoms with E-state index in [4.69, 9.17) is 9.47 Å². The molecule has 1 aliphatic heterocycles. The van der Waals surface area contributed by atoms with Gasteiger partial charge in [0.15, 0.2) is 0 Å². The molecule has 0 saturated carbocycles.